The summed E-state index contributed by atoms with van der Waals surface area (Å²) >= 11 is 0. The highest BCUT2D eigenvalue weighted by atomic mass is 16.6. The van der Waals surface area contributed by atoms with Gasteiger partial charge in [-0.05, 0) is 116 Å². The minimum atomic E-state index is -0.835. The Bertz CT molecular complexity index is 1370. The number of hydrogen-bond donors (Lipinski definition) is 0. The third-order valence-corrected chi connectivity index (χ3v) is 9.93. The van der Waals surface area contributed by atoms with Crippen molar-refractivity contribution in [2.45, 2.75) is 207 Å². The molecule has 1 atom stereocenters. The van der Waals surface area contributed by atoms with E-state index < -0.39 is 6.10 Å². The van der Waals surface area contributed by atoms with Gasteiger partial charge in [-0.25, -0.2) is 0 Å². The lowest BCUT2D eigenvalue weighted by atomic mass is 10.1. The van der Waals surface area contributed by atoms with Gasteiger partial charge >= 0.3 is 17.9 Å². The van der Waals surface area contributed by atoms with E-state index in [4.69, 9.17) is 14.2 Å². The van der Waals surface area contributed by atoms with E-state index in [1.54, 1.807) is 0 Å². The van der Waals surface area contributed by atoms with Crippen LogP contribution in [0, 0.1) is 0 Å². The standard InChI is InChI=1S/C57H90O6/c1-4-7-10-13-16-19-22-24-26-27-28-29-31-32-35-38-41-44-47-50-56(59)62-53-54(52-61-55(58)49-46-43-40-37-34-21-18-15-12-9-6-3)63-57(60)51-48-45-42-39-36-33-30-25-23-20-17-14-11-8-5-2/h8,11,15-20,24-26,28-30,32,35-36,39,41,44,54H,4-7,9-10,12-14,21-23,27,31,33-34,37-38,40,42-43,45-53H2,1-3H3/b11-8-,18-15-,19-16-,20-17-,26-24-,29-28-,30-25-,35-32-,39-36-,44-41-/t54-/m0/s1. The molecular formula is C57H90O6. The maximum atomic E-state index is 12.8. The fourth-order valence-corrected chi connectivity index (χ4v) is 6.16. The van der Waals surface area contributed by atoms with Gasteiger partial charge in [0.15, 0.2) is 6.10 Å². The van der Waals surface area contributed by atoms with Crippen LogP contribution in [-0.4, -0.2) is 37.2 Å². The molecule has 0 aliphatic rings. The number of esters is 3. The zero-order valence-corrected chi connectivity index (χ0v) is 40.3. The molecule has 0 aromatic rings. The van der Waals surface area contributed by atoms with Crippen LogP contribution in [0.25, 0.3) is 0 Å². The number of rotatable bonds is 43. The van der Waals surface area contributed by atoms with Crippen molar-refractivity contribution >= 4 is 17.9 Å². The summed E-state index contributed by atoms with van der Waals surface area (Å²) in [6.07, 6.45) is 69.1. The zero-order valence-electron chi connectivity index (χ0n) is 40.3. The van der Waals surface area contributed by atoms with Crippen molar-refractivity contribution in [3.63, 3.8) is 0 Å². The van der Waals surface area contributed by atoms with Crippen LogP contribution in [0.4, 0.5) is 0 Å². The normalized spacial score (nSPS) is 13.1. The first kappa shape index (κ1) is 58.8. The zero-order chi connectivity index (χ0) is 45.8. The molecule has 0 aromatic heterocycles. The van der Waals surface area contributed by atoms with Crippen LogP contribution in [0.2, 0.25) is 0 Å². The summed E-state index contributed by atoms with van der Waals surface area (Å²) < 4.78 is 16.6. The predicted molar refractivity (Wildman–Crippen MR) is 269 cm³/mol. The van der Waals surface area contributed by atoms with E-state index >= 15 is 0 Å². The summed E-state index contributed by atoms with van der Waals surface area (Å²) in [6.45, 7) is 6.32. The Hall–Kier alpha value is -4.19. The minimum Gasteiger partial charge on any atom is -0.462 e. The molecule has 0 amide bonds. The number of allylic oxidation sites excluding steroid dienone is 20. The van der Waals surface area contributed by atoms with Crippen molar-refractivity contribution < 1.29 is 28.6 Å². The molecule has 0 radical (unpaired) electrons. The van der Waals surface area contributed by atoms with Crippen molar-refractivity contribution in [3.05, 3.63) is 122 Å². The van der Waals surface area contributed by atoms with Crippen LogP contribution in [0.15, 0.2) is 122 Å². The van der Waals surface area contributed by atoms with Gasteiger partial charge in [0.05, 0.1) is 0 Å². The SMILES string of the molecule is CC/C=C\C/C=C\C/C=C\C/C=C\CCCCC(=O)O[C@H](COC(=O)CC/C=C\C/C=C\C/C=C\C/C=C\C/C=C\CCCCC)COC(=O)CCCCCCC/C=C\CCCC. The van der Waals surface area contributed by atoms with Crippen molar-refractivity contribution in [1.82, 2.24) is 0 Å². The monoisotopic (exact) mass is 871 g/mol. The molecule has 0 aromatic carbocycles. The third-order valence-electron chi connectivity index (χ3n) is 9.93. The Morgan fingerprint density at radius 3 is 1.16 bits per heavy atom. The molecule has 0 saturated heterocycles. The van der Waals surface area contributed by atoms with Gasteiger partial charge in [-0.15, -0.1) is 0 Å². The third kappa shape index (κ3) is 48.7. The Balaban J connectivity index is 4.58. The van der Waals surface area contributed by atoms with Crippen LogP contribution >= 0.6 is 0 Å². The molecule has 0 bridgehead atoms. The summed E-state index contributed by atoms with van der Waals surface area (Å²) in [7, 11) is 0. The van der Waals surface area contributed by atoms with Crippen molar-refractivity contribution in [2.75, 3.05) is 13.2 Å². The van der Waals surface area contributed by atoms with E-state index in [1.807, 2.05) is 12.2 Å². The highest BCUT2D eigenvalue weighted by Crippen LogP contribution is 2.11. The Morgan fingerprint density at radius 1 is 0.333 bits per heavy atom. The lowest BCUT2D eigenvalue weighted by Crippen LogP contribution is -2.30. The fourth-order valence-electron chi connectivity index (χ4n) is 6.16. The number of hydrogen-bond acceptors (Lipinski definition) is 6. The topological polar surface area (TPSA) is 78.9 Å². The van der Waals surface area contributed by atoms with Gasteiger partial charge in [-0.2, -0.15) is 0 Å². The second-order valence-electron chi connectivity index (χ2n) is 16.0. The molecule has 63 heavy (non-hydrogen) atoms. The highest BCUT2D eigenvalue weighted by molar-refractivity contribution is 5.71. The van der Waals surface area contributed by atoms with Gasteiger partial charge in [0.25, 0.3) is 0 Å². The molecule has 0 spiro atoms. The lowest BCUT2D eigenvalue weighted by molar-refractivity contribution is -0.166. The molecule has 0 aliphatic heterocycles. The van der Waals surface area contributed by atoms with E-state index in [1.165, 1.54) is 51.4 Å². The Labute approximate surface area is 386 Å². The van der Waals surface area contributed by atoms with Crippen molar-refractivity contribution in [1.29, 1.82) is 0 Å². The number of carbonyl (C=O) groups is 3. The first-order valence-corrected chi connectivity index (χ1v) is 25.0. The first-order chi connectivity index (χ1) is 31.0. The molecule has 0 unspecified atom stereocenters. The molecule has 354 valence electrons. The summed E-state index contributed by atoms with van der Waals surface area (Å²) in [5.74, 6) is -1.07. The number of ether oxygens (including phenoxy) is 3. The molecule has 0 fully saturated rings. The summed E-state index contributed by atoms with van der Waals surface area (Å²) in [5, 5.41) is 0. The molecule has 0 heterocycles. The van der Waals surface area contributed by atoms with Gasteiger partial charge in [-0.3, -0.25) is 14.4 Å². The minimum absolute atomic E-state index is 0.126. The van der Waals surface area contributed by atoms with Crippen LogP contribution < -0.4 is 0 Å². The number of carbonyl (C=O) groups excluding carboxylic acids is 3. The maximum absolute atomic E-state index is 12.8. The van der Waals surface area contributed by atoms with Gasteiger partial charge in [0.1, 0.15) is 13.2 Å². The largest absolute Gasteiger partial charge is 0.462 e. The highest BCUT2D eigenvalue weighted by Gasteiger charge is 2.19. The molecule has 0 aliphatic carbocycles. The van der Waals surface area contributed by atoms with Crippen LogP contribution in [0.1, 0.15) is 201 Å². The average molecular weight is 871 g/mol. The van der Waals surface area contributed by atoms with E-state index in [0.717, 1.165) is 96.3 Å². The predicted octanol–water partition coefficient (Wildman–Crippen LogP) is 16.5. The quantitative estimate of drug-likeness (QED) is 0.0263. The summed E-state index contributed by atoms with van der Waals surface area (Å²) in [4.78, 5) is 37.9. The molecule has 0 saturated carbocycles. The molecule has 0 rings (SSSR count). The van der Waals surface area contributed by atoms with Gasteiger partial charge in [0.2, 0.25) is 0 Å². The average Bonchev–Trinajstić information content (AvgIpc) is 3.28. The second-order valence-corrected chi connectivity index (χ2v) is 16.0. The van der Waals surface area contributed by atoms with E-state index in [-0.39, 0.29) is 44.0 Å². The van der Waals surface area contributed by atoms with Crippen LogP contribution in [-0.2, 0) is 28.6 Å². The maximum Gasteiger partial charge on any atom is 0.306 e. The summed E-state index contributed by atoms with van der Waals surface area (Å²) in [5.41, 5.74) is 0. The van der Waals surface area contributed by atoms with Crippen molar-refractivity contribution in [2.24, 2.45) is 0 Å². The van der Waals surface area contributed by atoms with Crippen LogP contribution in [0.3, 0.4) is 0 Å². The van der Waals surface area contributed by atoms with Gasteiger partial charge < -0.3 is 14.2 Å². The second kappa shape index (κ2) is 50.5. The van der Waals surface area contributed by atoms with E-state index in [9.17, 15) is 14.4 Å². The van der Waals surface area contributed by atoms with Gasteiger partial charge in [0, 0.05) is 19.3 Å². The van der Waals surface area contributed by atoms with E-state index in [2.05, 4.69) is 130 Å². The fraction of sp³-hybridized carbons (Fsp3) is 0.596. The molecule has 0 N–H and O–H groups in total. The molecule has 6 nitrogen and oxygen atoms in total. The van der Waals surface area contributed by atoms with E-state index in [0.29, 0.717) is 19.3 Å². The first-order valence-electron chi connectivity index (χ1n) is 25.0. The molecule has 6 heteroatoms. The van der Waals surface area contributed by atoms with Gasteiger partial charge in [-0.1, -0.05) is 187 Å². The Kier molecular flexibility index (Phi) is 47.1. The van der Waals surface area contributed by atoms with Crippen molar-refractivity contribution in [3.8, 4) is 0 Å². The lowest BCUT2D eigenvalue weighted by Gasteiger charge is -2.18. The van der Waals surface area contributed by atoms with Crippen LogP contribution in [0.5, 0.6) is 0 Å². The molecular weight excluding hydrogens is 781 g/mol. The Morgan fingerprint density at radius 2 is 0.667 bits per heavy atom. The number of unbranched alkanes of at least 4 members (excludes halogenated alkanes) is 12. The summed E-state index contributed by atoms with van der Waals surface area (Å²) in [6, 6.07) is 0. The smallest absolute Gasteiger partial charge is 0.306 e.